The van der Waals surface area contributed by atoms with Crippen LogP contribution < -0.4 is 0 Å². The molecule has 0 aromatic carbocycles. The average molecular weight is 270 g/mol. The molecule has 0 unspecified atom stereocenters. The van der Waals surface area contributed by atoms with Crippen LogP contribution in [0.5, 0.6) is 0 Å². The van der Waals surface area contributed by atoms with Gasteiger partial charge in [-0.1, -0.05) is 18.2 Å². The highest BCUT2D eigenvalue weighted by molar-refractivity contribution is 5.80. The fourth-order valence-corrected chi connectivity index (χ4v) is 1.76. The third-order valence-electron chi connectivity index (χ3n) is 2.67. The standard InChI is InChI=1S/C13H18O6/c1-2-6-13(7-3-10(14)15,8-4-11(16)17)9-5-12(18)19/h2-3,6-7H,4-5,8-9H2,1H3,(H,14,15)(H,16,17)(H,18,19). The third-order valence-corrected chi connectivity index (χ3v) is 2.67. The molecule has 0 aromatic rings. The maximum atomic E-state index is 10.6. The van der Waals surface area contributed by atoms with Crippen LogP contribution in [0, 0.1) is 5.41 Å². The molecule has 0 rings (SSSR count). The number of hydrogen-bond donors (Lipinski definition) is 3. The molecule has 19 heavy (non-hydrogen) atoms. The quantitative estimate of drug-likeness (QED) is 0.436. The van der Waals surface area contributed by atoms with E-state index in [4.69, 9.17) is 15.3 Å². The van der Waals surface area contributed by atoms with Crippen molar-refractivity contribution in [2.75, 3.05) is 0 Å². The zero-order chi connectivity index (χ0) is 14.9. The first-order valence-electron chi connectivity index (χ1n) is 5.81. The van der Waals surface area contributed by atoms with Gasteiger partial charge in [-0.15, -0.1) is 0 Å². The van der Waals surface area contributed by atoms with Crippen molar-refractivity contribution in [2.45, 2.75) is 32.6 Å². The molecule has 106 valence electrons. The Bertz CT molecular complexity index is 376. The number of carboxylic acid groups (broad SMARTS) is 3. The first kappa shape index (κ1) is 16.9. The topological polar surface area (TPSA) is 112 Å². The molecule has 0 heterocycles. The van der Waals surface area contributed by atoms with E-state index >= 15 is 0 Å². The lowest BCUT2D eigenvalue weighted by Gasteiger charge is -2.26. The first-order valence-corrected chi connectivity index (χ1v) is 5.81. The zero-order valence-corrected chi connectivity index (χ0v) is 10.7. The summed E-state index contributed by atoms with van der Waals surface area (Å²) in [5, 5.41) is 26.1. The summed E-state index contributed by atoms with van der Waals surface area (Å²) in [5.41, 5.74) is -0.857. The lowest BCUT2D eigenvalue weighted by atomic mass is 9.78. The molecule has 6 nitrogen and oxygen atoms in total. The van der Waals surface area contributed by atoms with Gasteiger partial charge in [-0.05, 0) is 19.8 Å². The number of carboxylic acids is 3. The second kappa shape index (κ2) is 8.07. The second-order valence-corrected chi connectivity index (χ2v) is 4.19. The van der Waals surface area contributed by atoms with Crippen LogP contribution in [0.25, 0.3) is 0 Å². The average Bonchev–Trinajstić information content (AvgIpc) is 2.31. The molecule has 6 heteroatoms. The summed E-state index contributed by atoms with van der Waals surface area (Å²) >= 11 is 0. The number of carbonyl (C=O) groups is 3. The summed E-state index contributed by atoms with van der Waals surface area (Å²) in [6, 6.07) is 0. The minimum Gasteiger partial charge on any atom is -0.481 e. The molecule has 0 fully saturated rings. The molecule has 0 bridgehead atoms. The predicted octanol–water partition coefficient (Wildman–Crippen LogP) is 1.92. The number of allylic oxidation sites excluding steroid dienone is 3. The van der Waals surface area contributed by atoms with Crippen LogP contribution >= 0.6 is 0 Å². The number of rotatable bonds is 9. The van der Waals surface area contributed by atoms with Gasteiger partial charge < -0.3 is 15.3 Å². The van der Waals surface area contributed by atoms with E-state index in [2.05, 4.69) is 0 Å². The van der Waals surface area contributed by atoms with E-state index in [1.54, 1.807) is 19.1 Å². The van der Waals surface area contributed by atoms with Crippen LogP contribution in [0.4, 0.5) is 0 Å². The highest BCUT2D eigenvalue weighted by Crippen LogP contribution is 2.33. The van der Waals surface area contributed by atoms with Crippen molar-refractivity contribution in [1.82, 2.24) is 0 Å². The fraction of sp³-hybridized carbons (Fsp3) is 0.462. The Morgan fingerprint density at radius 1 is 0.947 bits per heavy atom. The molecular weight excluding hydrogens is 252 g/mol. The Morgan fingerprint density at radius 3 is 1.74 bits per heavy atom. The molecule has 0 aliphatic rings. The van der Waals surface area contributed by atoms with E-state index in [0.29, 0.717) is 0 Å². The van der Waals surface area contributed by atoms with Crippen molar-refractivity contribution in [3.63, 3.8) is 0 Å². The number of aliphatic carboxylic acids is 3. The van der Waals surface area contributed by atoms with E-state index < -0.39 is 23.3 Å². The van der Waals surface area contributed by atoms with Gasteiger partial charge in [0.15, 0.2) is 0 Å². The monoisotopic (exact) mass is 270 g/mol. The Morgan fingerprint density at radius 2 is 1.42 bits per heavy atom. The van der Waals surface area contributed by atoms with Gasteiger partial charge in [0, 0.05) is 24.3 Å². The SMILES string of the molecule is CC=CC(C=CC(=O)O)(CCC(=O)O)CCC(=O)O. The maximum absolute atomic E-state index is 10.6. The van der Waals surface area contributed by atoms with Gasteiger partial charge in [0.25, 0.3) is 0 Å². The number of hydrogen-bond acceptors (Lipinski definition) is 3. The van der Waals surface area contributed by atoms with Crippen LogP contribution in [0.1, 0.15) is 32.6 Å². The Labute approximate surface area is 111 Å². The van der Waals surface area contributed by atoms with Crippen molar-refractivity contribution in [3.05, 3.63) is 24.3 Å². The Hall–Kier alpha value is -2.11. The minimum absolute atomic E-state index is 0.156. The van der Waals surface area contributed by atoms with Crippen LogP contribution in [0.15, 0.2) is 24.3 Å². The summed E-state index contributed by atoms with van der Waals surface area (Å²) in [7, 11) is 0. The molecule has 0 saturated carbocycles. The second-order valence-electron chi connectivity index (χ2n) is 4.19. The van der Waals surface area contributed by atoms with E-state index in [1.807, 2.05) is 0 Å². The molecule has 0 spiro atoms. The van der Waals surface area contributed by atoms with Crippen molar-refractivity contribution < 1.29 is 29.7 Å². The lowest BCUT2D eigenvalue weighted by Crippen LogP contribution is -2.19. The largest absolute Gasteiger partial charge is 0.481 e. The summed E-state index contributed by atoms with van der Waals surface area (Å²) in [4.78, 5) is 31.9. The van der Waals surface area contributed by atoms with Gasteiger partial charge in [-0.2, -0.15) is 0 Å². The molecule has 0 aliphatic carbocycles. The predicted molar refractivity (Wildman–Crippen MR) is 67.8 cm³/mol. The zero-order valence-electron chi connectivity index (χ0n) is 10.7. The smallest absolute Gasteiger partial charge is 0.328 e. The van der Waals surface area contributed by atoms with Crippen LogP contribution in [0.3, 0.4) is 0 Å². The normalized spacial score (nSPS) is 12.1. The fourth-order valence-electron chi connectivity index (χ4n) is 1.76. The van der Waals surface area contributed by atoms with Gasteiger partial charge in [-0.3, -0.25) is 9.59 Å². The Kier molecular flexibility index (Phi) is 7.18. The van der Waals surface area contributed by atoms with Crippen LogP contribution in [-0.4, -0.2) is 33.2 Å². The highest BCUT2D eigenvalue weighted by Gasteiger charge is 2.26. The van der Waals surface area contributed by atoms with Crippen molar-refractivity contribution in [3.8, 4) is 0 Å². The lowest BCUT2D eigenvalue weighted by molar-refractivity contribution is -0.137. The van der Waals surface area contributed by atoms with E-state index in [1.165, 1.54) is 6.08 Å². The van der Waals surface area contributed by atoms with Gasteiger partial charge in [-0.25, -0.2) is 4.79 Å². The summed E-state index contributed by atoms with van der Waals surface area (Å²) in [6.07, 6.45) is 5.59. The van der Waals surface area contributed by atoms with Gasteiger partial charge in [0.05, 0.1) is 0 Å². The van der Waals surface area contributed by atoms with Gasteiger partial charge in [0.2, 0.25) is 0 Å². The van der Waals surface area contributed by atoms with Crippen molar-refractivity contribution in [2.24, 2.45) is 5.41 Å². The third kappa shape index (κ3) is 7.75. The van der Waals surface area contributed by atoms with Gasteiger partial charge in [0.1, 0.15) is 0 Å². The summed E-state index contributed by atoms with van der Waals surface area (Å²) in [5.74, 6) is -3.17. The first-order chi connectivity index (χ1) is 8.81. The maximum Gasteiger partial charge on any atom is 0.328 e. The molecule has 0 saturated heterocycles. The van der Waals surface area contributed by atoms with Crippen LogP contribution in [0.2, 0.25) is 0 Å². The summed E-state index contributed by atoms with van der Waals surface area (Å²) in [6.45, 7) is 1.71. The molecule has 0 amide bonds. The highest BCUT2D eigenvalue weighted by atomic mass is 16.4. The molecule has 0 aliphatic heterocycles. The summed E-state index contributed by atoms with van der Waals surface area (Å²) < 4.78 is 0. The van der Waals surface area contributed by atoms with E-state index in [0.717, 1.165) is 6.08 Å². The molecule has 3 N–H and O–H groups in total. The van der Waals surface area contributed by atoms with Gasteiger partial charge >= 0.3 is 17.9 Å². The van der Waals surface area contributed by atoms with E-state index in [9.17, 15) is 14.4 Å². The molecular formula is C13H18O6. The molecule has 0 radical (unpaired) electrons. The van der Waals surface area contributed by atoms with Crippen molar-refractivity contribution in [1.29, 1.82) is 0 Å². The Balaban J connectivity index is 5.13. The van der Waals surface area contributed by atoms with Crippen LogP contribution in [-0.2, 0) is 14.4 Å². The minimum atomic E-state index is -1.15. The molecule has 0 atom stereocenters. The van der Waals surface area contributed by atoms with E-state index in [-0.39, 0.29) is 25.7 Å². The van der Waals surface area contributed by atoms with Crippen molar-refractivity contribution >= 4 is 17.9 Å². The molecule has 0 aromatic heterocycles.